The minimum Gasteiger partial charge on any atom is -0.481 e. The first kappa shape index (κ1) is 12.5. The fourth-order valence-electron chi connectivity index (χ4n) is 3.30. The van der Waals surface area contributed by atoms with Gasteiger partial charge >= 0.3 is 5.97 Å². The SMILES string of the molecule is O=C(O)C1(c2cccc3c2COCO3)CCCCC1. The predicted molar refractivity (Wildman–Crippen MR) is 69.1 cm³/mol. The molecule has 0 atom stereocenters. The van der Waals surface area contributed by atoms with E-state index in [1.165, 1.54) is 0 Å². The van der Waals surface area contributed by atoms with Crippen molar-refractivity contribution in [1.29, 1.82) is 0 Å². The van der Waals surface area contributed by atoms with Gasteiger partial charge in [0.25, 0.3) is 0 Å². The van der Waals surface area contributed by atoms with Crippen molar-refractivity contribution in [2.24, 2.45) is 0 Å². The van der Waals surface area contributed by atoms with E-state index in [9.17, 15) is 9.90 Å². The molecule has 0 bridgehead atoms. The summed E-state index contributed by atoms with van der Waals surface area (Å²) in [5, 5.41) is 9.76. The van der Waals surface area contributed by atoms with E-state index in [1.54, 1.807) is 0 Å². The van der Waals surface area contributed by atoms with Gasteiger partial charge in [-0.1, -0.05) is 31.4 Å². The average molecular weight is 262 g/mol. The highest BCUT2D eigenvalue weighted by atomic mass is 16.7. The van der Waals surface area contributed by atoms with Crippen molar-refractivity contribution in [2.75, 3.05) is 6.79 Å². The number of carboxylic acid groups (broad SMARTS) is 1. The molecule has 4 heteroatoms. The van der Waals surface area contributed by atoms with Gasteiger partial charge in [-0.2, -0.15) is 0 Å². The van der Waals surface area contributed by atoms with Crippen molar-refractivity contribution in [2.45, 2.75) is 44.1 Å². The Bertz CT molecular complexity index is 489. The van der Waals surface area contributed by atoms with E-state index >= 15 is 0 Å². The summed E-state index contributed by atoms with van der Waals surface area (Å²) in [7, 11) is 0. The summed E-state index contributed by atoms with van der Waals surface area (Å²) >= 11 is 0. The van der Waals surface area contributed by atoms with Crippen molar-refractivity contribution >= 4 is 5.97 Å². The molecule has 1 aromatic carbocycles. The highest BCUT2D eigenvalue weighted by Crippen LogP contribution is 2.43. The molecule has 0 spiro atoms. The molecule has 3 rings (SSSR count). The van der Waals surface area contributed by atoms with Gasteiger partial charge in [-0.25, -0.2) is 0 Å². The molecular weight excluding hydrogens is 244 g/mol. The summed E-state index contributed by atoms with van der Waals surface area (Å²) in [6.07, 6.45) is 4.48. The molecule has 1 aromatic rings. The lowest BCUT2D eigenvalue weighted by Crippen LogP contribution is -2.39. The van der Waals surface area contributed by atoms with Crippen LogP contribution >= 0.6 is 0 Å². The molecule has 0 radical (unpaired) electrons. The number of benzene rings is 1. The summed E-state index contributed by atoms with van der Waals surface area (Å²) in [4.78, 5) is 11.9. The predicted octanol–water partition coefficient (Wildman–Crippen LogP) is 2.84. The number of hydrogen-bond donors (Lipinski definition) is 1. The van der Waals surface area contributed by atoms with Crippen molar-refractivity contribution in [1.82, 2.24) is 0 Å². The van der Waals surface area contributed by atoms with E-state index in [2.05, 4.69) is 0 Å². The van der Waals surface area contributed by atoms with Gasteiger partial charge in [0.1, 0.15) is 5.75 Å². The molecule has 1 aliphatic heterocycles. The molecule has 0 aromatic heterocycles. The largest absolute Gasteiger partial charge is 0.481 e. The highest BCUT2D eigenvalue weighted by molar-refractivity contribution is 5.82. The number of aliphatic carboxylic acids is 1. The first-order valence-corrected chi connectivity index (χ1v) is 6.80. The first-order chi connectivity index (χ1) is 9.24. The van der Waals surface area contributed by atoms with Crippen molar-refractivity contribution < 1.29 is 19.4 Å². The Morgan fingerprint density at radius 3 is 2.74 bits per heavy atom. The van der Waals surface area contributed by atoms with E-state index in [-0.39, 0.29) is 6.79 Å². The van der Waals surface area contributed by atoms with Crippen molar-refractivity contribution in [3.05, 3.63) is 29.3 Å². The van der Waals surface area contributed by atoms with Crippen molar-refractivity contribution in [3.8, 4) is 5.75 Å². The number of carbonyl (C=O) groups is 1. The minimum absolute atomic E-state index is 0.247. The lowest BCUT2D eigenvalue weighted by atomic mass is 9.68. The number of ether oxygens (including phenoxy) is 2. The van der Waals surface area contributed by atoms with E-state index in [4.69, 9.17) is 9.47 Å². The number of carboxylic acids is 1. The second-order valence-electron chi connectivity index (χ2n) is 5.34. The molecule has 1 heterocycles. The van der Waals surface area contributed by atoms with Gasteiger partial charge in [0.2, 0.25) is 0 Å². The van der Waals surface area contributed by atoms with Crippen LogP contribution in [0.5, 0.6) is 5.75 Å². The van der Waals surface area contributed by atoms with Crippen molar-refractivity contribution in [3.63, 3.8) is 0 Å². The molecule has 2 aliphatic rings. The number of fused-ring (bicyclic) bond motifs is 1. The van der Waals surface area contributed by atoms with E-state index in [0.29, 0.717) is 19.4 Å². The fourth-order valence-corrected chi connectivity index (χ4v) is 3.30. The van der Waals surface area contributed by atoms with Crippen LogP contribution in [-0.2, 0) is 21.6 Å². The lowest BCUT2D eigenvalue weighted by Gasteiger charge is -2.36. The third-order valence-electron chi connectivity index (χ3n) is 4.31. The molecule has 1 fully saturated rings. The molecule has 4 nitrogen and oxygen atoms in total. The minimum atomic E-state index is -0.756. The van der Waals surface area contributed by atoms with E-state index in [1.807, 2.05) is 18.2 Å². The molecule has 0 unspecified atom stereocenters. The van der Waals surface area contributed by atoms with Crippen LogP contribution < -0.4 is 4.74 Å². The maximum atomic E-state index is 11.9. The second kappa shape index (κ2) is 4.85. The Morgan fingerprint density at radius 2 is 2.00 bits per heavy atom. The zero-order chi connectivity index (χ0) is 13.3. The molecule has 1 N–H and O–H groups in total. The van der Waals surface area contributed by atoms with Crippen LogP contribution in [0.3, 0.4) is 0 Å². The van der Waals surface area contributed by atoms with Crippen LogP contribution in [0, 0.1) is 0 Å². The fraction of sp³-hybridized carbons (Fsp3) is 0.533. The van der Waals surface area contributed by atoms with Crippen LogP contribution in [0.4, 0.5) is 0 Å². The standard InChI is InChI=1S/C15H18O4/c16-14(17)15(7-2-1-3-8-15)12-5-4-6-13-11(12)9-18-10-19-13/h4-6H,1-3,7-10H2,(H,16,17). The van der Waals surface area contributed by atoms with Crippen LogP contribution in [0.2, 0.25) is 0 Å². The van der Waals surface area contributed by atoms with Crippen LogP contribution in [0.25, 0.3) is 0 Å². The van der Waals surface area contributed by atoms with Gasteiger partial charge in [-0.3, -0.25) is 4.79 Å². The number of hydrogen-bond acceptors (Lipinski definition) is 3. The zero-order valence-corrected chi connectivity index (χ0v) is 10.9. The van der Waals surface area contributed by atoms with Gasteiger partial charge in [0.15, 0.2) is 6.79 Å². The van der Waals surface area contributed by atoms with Gasteiger partial charge in [-0.05, 0) is 24.5 Å². The normalized spacial score (nSPS) is 21.3. The maximum Gasteiger partial charge on any atom is 0.314 e. The second-order valence-corrected chi connectivity index (χ2v) is 5.34. The summed E-state index contributed by atoms with van der Waals surface area (Å²) in [5.74, 6) is 0.0566. The summed E-state index contributed by atoms with van der Waals surface area (Å²) in [5.41, 5.74) is 1.04. The lowest BCUT2D eigenvalue weighted by molar-refractivity contribution is -0.145. The Balaban J connectivity index is 2.10. The molecule has 0 saturated heterocycles. The first-order valence-electron chi connectivity index (χ1n) is 6.80. The monoisotopic (exact) mass is 262 g/mol. The Hall–Kier alpha value is -1.55. The molecule has 1 saturated carbocycles. The zero-order valence-electron chi connectivity index (χ0n) is 10.9. The van der Waals surface area contributed by atoms with Crippen LogP contribution in [0.15, 0.2) is 18.2 Å². The molecular formula is C15H18O4. The average Bonchev–Trinajstić information content (AvgIpc) is 2.47. The molecule has 19 heavy (non-hydrogen) atoms. The summed E-state index contributed by atoms with van der Waals surface area (Å²) in [6.45, 7) is 0.692. The van der Waals surface area contributed by atoms with Gasteiger partial charge in [0, 0.05) is 5.56 Å². The van der Waals surface area contributed by atoms with Gasteiger partial charge in [0.05, 0.1) is 12.0 Å². The highest BCUT2D eigenvalue weighted by Gasteiger charge is 2.43. The number of rotatable bonds is 2. The van der Waals surface area contributed by atoms with E-state index in [0.717, 1.165) is 36.1 Å². The smallest absolute Gasteiger partial charge is 0.314 e. The molecule has 0 amide bonds. The Kier molecular flexibility index (Phi) is 3.19. The summed E-state index contributed by atoms with van der Waals surface area (Å²) < 4.78 is 10.8. The summed E-state index contributed by atoms with van der Waals surface area (Å²) in [6, 6.07) is 5.70. The maximum absolute atomic E-state index is 11.9. The third-order valence-corrected chi connectivity index (χ3v) is 4.31. The van der Waals surface area contributed by atoms with Gasteiger partial charge < -0.3 is 14.6 Å². The molecule has 102 valence electrons. The van der Waals surface area contributed by atoms with Crippen LogP contribution in [0.1, 0.15) is 43.2 Å². The topological polar surface area (TPSA) is 55.8 Å². The van der Waals surface area contributed by atoms with E-state index < -0.39 is 11.4 Å². The Morgan fingerprint density at radius 1 is 1.21 bits per heavy atom. The molecule has 1 aliphatic carbocycles. The quantitative estimate of drug-likeness (QED) is 0.890. The van der Waals surface area contributed by atoms with Gasteiger partial charge in [-0.15, -0.1) is 0 Å². The van der Waals surface area contributed by atoms with Crippen LogP contribution in [-0.4, -0.2) is 17.9 Å². The third kappa shape index (κ3) is 2.00. The Labute approximate surface area is 112 Å².